The van der Waals surface area contributed by atoms with Crippen LogP contribution < -0.4 is 10.2 Å². The fourth-order valence-electron chi connectivity index (χ4n) is 5.64. The molecule has 0 radical (unpaired) electrons. The Morgan fingerprint density at radius 1 is 1.00 bits per heavy atom. The standard InChI is InChI=1S/C28H34N4O2/c33-27(20-23-10-12-25(13-11-23)31-19-15-29-28(31)34)32-17-5-9-24-21-30(18-14-26(24)32)16-4-8-22-6-2-1-3-7-22/h1-4,6-8,10-13,24,26H,5,9,14-21H2,(H,29,34)/t24-,26-/m1/s1. The van der Waals surface area contributed by atoms with Crippen molar-refractivity contribution in [1.82, 2.24) is 15.1 Å². The molecule has 0 aromatic heterocycles. The molecular formula is C28H34N4O2. The molecule has 3 aliphatic heterocycles. The van der Waals surface area contributed by atoms with Gasteiger partial charge >= 0.3 is 6.03 Å². The molecule has 6 heteroatoms. The first-order chi connectivity index (χ1) is 16.7. The van der Waals surface area contributed by atoms with Gasteiger partial charge in [-0.05, 0) is 48.4 Å². The number of nitrogens with one attached hydrogen (secondary N) is 1. The quantitative estimate of drug-likeness (QED) is 0.717. The van der Waals surface area contributed by atoms with Gasteiger partial charge in [0.15, 0.2) is 0 Å². The van der Waals surface area contributed by atoms with E-state index in [9.17, 15) is 9.59 Å². The molecule has 3 amide bonds. The fraction of sp³-hybridized carbons (Fsp3) is 0.429. The van der Waals surface area contributed by atoms with Crippen LogP contribution in [0.2, 0.25) is 0 Å². The molecule has 2 aromatic carbocycles. The molecule has 2 aromatic rings. The number of urea groups is 1. The Morgan fingerprint density at radius 2 is 1.82 bits per heavy atom. The number of fused-ring (bicyclic) bond motifs is 1. The lowest BCUT2D eigenvalue weighted by atomic mass is 9.83. The highest BCUT2D eigenvalue weighted by molar-refractivity contribution is 5.94. The van der Waals surface area contributed by atoms with Crippen LogP contribution in [0.25, 0.3) is 6.08 Å². The first-order valence-corrected chi connectivity index (χ1v) is 12.5. The zero-order valence-corrected chi connectivity index (χ0v) is 19.7. The normalized spacial score (nSPS) is 23.2. The Morgan fingerprint density at radius 3 is 2.59 bits per heavy atom. The zero-order valence-electron chi connectivity index (χ0n) is 19.7. The van der Waals surface area contributed by atoms with Gasteiger partial charge in [0, 0.05) is 51.0 Å². The molecule has 0 spiro atoms. The van der Waals surface area contributed by atoms with Crippen molar-refractivity contribution >= 4 is 23.7 Å². The van der Waals surface area contributed by atoms with Crippen molar-refractivity contribution in [3.8, 4) is 0 Å². The number of carbonyl (C=O) groups is 2. The van der Waals surface area contributed by atoms with E-state index in [4.69, 9.17) is 0 Å². The zero-order chi connectivity index (χ0) is 23.3. The third kappa shape index (κ3) is 5.17. The molecule has 3 fully saturated rings. The summed E-state index contributed by atoms with van der Waals surface area (Å²) in [5.74, 6) is 0.798. The maximum Gasteiger partial charge on any atom is 0.321 e. The number of hydrogen-bond donors (Lipinski definition) is 1. The molecule has 34 heavy (non-hydrogen) atoms. The van der Waals surface area contributed by atoms with Gasteiger partial charge in [0.05, 0.1) is 6.42 Å². The lowest BCUT2D eigenvalue weighted by Crippen LogP contribution is -2.56. The fourth-order valence-corrected chi connectivity index (χ4v) is 5.64. The van der Waals surface area contributed by atoms with Crippen LogP contribution >= 0.6 is 0 Å². The maximum absolute atomic E-state index is 13.3. The number of likely N-dealkylation sites (tertiary alicyclic amines) is 2. The molecule has 0 saturated carbocycles. The molecule has 0 aliphatic carbocycles. The van der Waals surface area contributed by atoms with E-state index < -0.39 is 0 Å². The highest BCUT2D eigenvalue weighted by Gasteiger charge is 2.37. The summed E-state index contributed by atoms with van der Waals surface area (Å²) >= 11 is 0. The van der Waals surface area contributed by atoms with Crippen LogP contribution in [-0.2, 0) is 11.2 Å². The smallest absolute Gasteiger partial charge is 0.321 e. The van der Waals surface area contributed by atoms with Crippen molar-refractivity contribution in [3.05, 3.63) is 71.8 Å². The highest BCUT2D eigenvalue weighted by atomic mass is 16.2. The number of amides is 3. The number of anilines is 1. The second-order valence-electron chi connectivity index (χ2n) is 9.64. The van der Waals surface area contributed by atoms with E-state index in [1.54, 1.807) is 4.90 Å². The van der Waals surface area contributed by atoms with Gasteiger partial charge in [-0.15, -0.1) is 0 Å². The van der Waals surface area contributed by atoms with Crippen molar-refractivity contribution in [2.75, 3.05) is 44.2 Å². The van der Waals surface area contributed by atoms with Crippen LogP contribution in [0.3, 0.4) is 0 Å². The van der Waals surface area contributed by atoms with Gasteiger partial charge in [0.25, 0.3) is 0 Å². The summed E-state index contributed by atoms with van der Waals surface area (Å²) in [4.78, 5) is 31.6. The summed E-state index contributed by atoms with van der Waals surface area (Å²) in [5, 5.41) is 2.83. The average Bonchev–Trinajstić information content (AvgIpc) is 3.30. The first-order valence-electron chi connectivity index (χ1n) is 12.5. The summed E-state index contributed by atoms with van der Waals surface area (Å²) in [5.41, 5.74) is 3.14. The predicted molar refractivity (Wildman–Crippen MR) is 136 cm³/mol. The Kier molecular flexibility index (Phi) is 6.95. The van der Waals surface area contributed by atoms with Crippen LogP contribution in [0.15, 0.2) is 60.7 Å². The monoisotopic (exact) mass is 458 g/mol. The number of hydrogen-bond acceptors (Lipinski definition) is 3. The lowest BCUT2D eigenvalue weighted by Gasteiger charge is -2.47. The summed E-state index contributed by atoms with van der Waals surface area (Å²) in [7, 11) is 0. The minimum Gasteiger partial charge on any atom is -0.339 e. The van der Waals surface area contributed by atoms with Crippen molar-refractivity contribution in [2.45, 2.75) is 31.7 Å². The Hall–Kier alpha value is -3.12. The molecule has 3 heterocycles. The predicted octanol–water partition coefficient (Wildman–Crippen LogP) is 3.79. The van der Waals surface area contributed by atoms with E-state index in [0.29, 0.717) is 31.5 Å². The molecule has 3 aliphatic rings. The molecule has 2 atom stereocenters. The molecule has 6 nitrogen and oxygen atoms in total. The van der Waals surface area contributed by atoms with E-state index in [2.05, 4.69) is 51.5 Å². The van der Waals surface area contributed by atoms with Gasteiger partial charge in [-0.1, -0.05) is 54.6 Å². The van der Waals surface area contributed by atoms with Crippen molar-refractivity contribution < 1.29 is 9.59 Å². The Balaban J connectivity index is 1.15. The van der Waals surface area contributed by atoms with Gasteiger partial charge in [-0.3, -0.25) is 14.6 Å². The molecule has 5 rings (SSSR count). The highest BCUT2D eigenvalue weighted by Crippen LogP contribution is 2.31. The van der Waals surface area contributed by atoms with E-state index in [0.717, 1.165) is 50.3 Å². The van der Waals surface area contributed by atoms with Crippen LogP contribution in [0.5, 0.6) is 0 Å². The van der Waals surface area contributed by atoms with Crippen LogP contribution in [0.1, 0.15) is 30.4 Å². The molecule has 178 valence electrons. The number of rotatable bonds is 6. The van der Waals surface area contributed by atoms with Gasteiger partial charge in [0.1, 0.15) is 0 Å². The minimum absolute atomic E-state index is 0.0508. The summed E-state index contributed by atoms with van der Waals surface area (Å²) in [6.45, 7) is 5.31. The molecule has 3 saturated heterocycles. The Labute approximate surface area is 202 Å². The van der Waals surface area contributed by atoms with Gasteiger partial charge in [-0.25, -0.2) is 4.79 Å². The second kappa shape index (κ2) is 10.4. The SMILES string of the molecule is O=C1NCCN1c1ccc(CC(=O)N2CCC[C@@H]3CN(CC=Cc4ccccc4)CC[C@H]32)cc1. The number of piperidine rings is 2. The van der Waals surface area contributed by atoms with E-state index in [1.165, 1.54) is 12.0 Å². The Bertz CT molecular complexity index is 1020. The third-order valence-corrected chi connectivity index (χ3v) is 7.41. The lowest BCUT2D eigenvalue weighted by molar-refractivity contribution is -0.137. The van der Waals surface area contributed by atoms with Crippen LogP contribution in [0.4, 0.5) is 10.5 Å². The van der Waals surface area contributed by atoms with Crippen molar-refractivity contribution in [1.29, 1.82) is 0 Å². The number of benzene rings is 2. The second-order valence-corrected chi connectivity index (χ2v) is 9.64. The van der Waals surface area contributed by atoms with Gasteiger partial charge in [0.2, 0.25) is 5.91 Å². The molecular weight excluding hydrogens is 424 g/mol. The van der Waals surface area contributed by atoms with Gasteiger partial charge < -0.3 is 10.2 Å². The van der Waals surface area contributed by atoms with Crippen molar-refractivity contribution in [3.63, 3.8) is 0 Å². The summed E-state index contributed by atoms with van der Waals surface area (Å²) in [6, 6.07) is 18.6. The molecule has 1 N–H and O–H groups in total. The van der Waals surface area contributed by atoms with E-state index >= 15 is 0 Å². The minimum atomic E-state index is -0.0508. The molecule has 0 unspecified atom stereocenters. The van der Waals surface area contributed by atoms with E-state index in [-0.39, 0.29) is 11.9 Å². The maximum atomic E-state index is 13.3. The first kappa shape index (κ1) is 22.7. The number of nitrogens with zero attached hydrogens (tertiary/aromatic N) is 3. The van der Waals surface area contributed by atoms with Gasteiger partial charge in [-0.2, -0.15) is 0 Å². The summed E-state index contributed by atoms with van der Waals surface area (Å²) in [6.07, 6.45) is 8.24. The summed E-state index contributed by atoms with van der Waals surface area (Å²) < 4.78 is 0. The topological polar surface area (TPSA) is 55.9 Å². The number of carbonyl (C=O) groups excluding carboxylic acids is 2. The molecule has 0 bridgehead atoms. The van der Waals surface area contributed by atoms with Crippen LogP contribution in [0, 0.1) is 5.92 Å². The van der Waals surface area contributed by atoms with Crippen molar-refractivity contribution in [2.24, 2.45) is 5.92 Å². The largest absolute Gasteiger partial charge is 0.339 e. The van der Waals surface area contributed by atoms with E-state index in [1.807, 2.05) is 30.3 Å². The average molecular weight is 459 g/mol. The third-order valence-electron chi connectivity index (χ3n) is 7.41. The van der Waals surface area contributed by atoms with Crippen LogP contribution in [-0.4, -0.2) is 67.0 Å².